The lowest BCUT2D eigenvalue weighted by atomic mass is 9.78. The van der Waals surface area contributed by atoms with E-state index in [1.807, 2.05) is 0 Å². The lowest BCUT2D eigenvalue weighted by Gasteiger charge is -2.38. The molecule has 3 aliphatic rings. The van der Waals surface area contributed by atoms with Crippen LogP contribution in [0.25, 0.3) is 10.8 Å². The maximum Gasteiger partial charge on any atom is 0.312 e. The average molecular weight is 843 g/mol. The number of aliphatic hydroxyl groups excluding tert-OH is 2. The fourth-order valence-corrected chi connectivity index (χ4v) is 7.36. The summed E-state index contributed by atoms with van der Waals surface area (Å²) in [6.07, 6.45) is 4.38. The molecule has 330 valence electrons. The van der Waals surface area contributed by atoms with Crippen LogP contribution in [-0.2, 0) is 38.1 Å². The number of carbonyl (C=O) groups is 3. The minimum atomic E-state index is -2.08. The van der Waals surface area contributed by atoms with E-state index in [9.17, 15) is 39.9 Å². The normalized spacial score (nSPS) is 29.8. The topological polar surface area (TPSA) is 241 Å². The number of amides is 1. The largest absolute Gasteiger partial charge is 0.507 e. The van der Waals surface area contributed by atoms with Crippen LogP contribution in [-0.4, -0.2) is 120 Å². The molecule has 5 bridgehead atoms. The molecule has 2 aromatic carbocycles. The second kappa shape index (κ2) is 20.4. The van der Waals surface area contributed by atoms with Crippen molar-refractivity contribution in [2.45, 2.75) is 85.6 Å². The first-order valence-electron chi connectivity index (χ1n) is 19.6. The number of oxime groups is 1. The van der Waals surface area contributed by atoms with E-state index in [1.165, 1.54) is 60.3 Å². The molecule has 2 aromatic rings. The fourth-order valence-electron chi connectivity index (χ4n) is 7.36. The number of allylic oxidation sites excluding steroid dienone is 2. The van der Waals surface area contributed by atoms with Crippen molar-refractivity contribution in [2.75, 3.05) is 46.0 Å². The number of phenolic OH excluding ortho intramolecular Hbond substituents is 3. The Morgan fingerprint density at radius 1 is 0.917 bits per heavy atom. The lowest BCUT2D eigenvalue weighted by molar-refractivity contribution is -0.160. The SMILES string of the molecule is COCCOCCO/N=C/c1c2c(O)c3c(O)c(C)c4c(c3c1O)C(=O)[C@@](C)(O/C=C/[C@H](OC)[C@@H](C)[C@@H](OC(C)=O)[C@H](C)[C@H](O)[C@H](C)[C@@H](O)[C@@H](C)/C=C/C=C(/C)C(=O)N2)O4. The Balaban J connectivity index is 1.92. The number of Topliss-reactive ketones (excluding diaryl/α,β-unsaturated/α-hetero) is 1. The van der Waals surface area contributed by atoms with Crippen LogP contribution in [0.4, 0.5) is 5.69 Å². The molecule has 9 atom stereocenters. The van der Waals surface area contributed by atoms with Crippen molar-refractivity contribution >= 4 is 40.3 Å². The van der Waals surface area contributed by atoms with Gasteiger partial charge in [0.15, 0.2) is 5.75 Å². The summed E-state index contributed by atoms with van der Waals surface area (Å²) in [5.74, 6) is -8.83. The minimum Gasteiger partial charge on any atom is -0.507 e. The molecule has 17 nitrogen and oxygen atoms in total. The summed E-state index contributed by atoms with van der Waals surface area (Å²) in [4.78, 5) is 45.7. The summed E-state index contributed by atoms with van der Waals surface area (Å²) in [6.45, 7) is 13.2. The summed E-state index contributed by atoms with van der Waals surface area (Å²) < 4.78 is 33.8. The van der Waals surface area contributed by atoms with Gasteiger partial charge in [0.25, 0.3) is 11.7 Å². The molecule has 0 radical (unpaired) electrons. The Kier molecular flexibility index (Phi) is 16.1. The van der Waals surface area contributed by atoms with E-state index in [0.29, 0.717) is 13.2 Å². The highest BCUT2D eigenvalue weighted by molar-refractivity contribution is 6.23. The van der Waals surface area contributed by atoms with Gasteiger partial charge in [-0.25, -0.2) is 0 Å². The molecule has 1 amide bonds. The lowest BCUT2D eigenvalue weighted by Crippen LogP contribution is -2.46. The number of hydrogen-bond donors (Lipinski definition) is 6. The number of fused-ring (bicyclic) bond motifs is 14. The van der Waals surface area contributed by atoms with Gasteiger partial charge in [0.2, 0.25) is 0 Å². The first kappa shape index (κ1) is 47.5. The van der Waals surface area contributed by atoms with Gasteiger partial charge in [-0.2, -0.15) is 0 Å². The number of nitrogens with one attached hydrogen (secondary N) is 1. The zero-order valence-corrected chi connectivity index (χ0v) is 35.7. The van der Waals surface area contributed by atoms with Crippen LogP contribution >= 0.6 is 0 Å². The molecule has 6 N–H and O–H groups in total. The number of carbonyl (C=O) groups excluding carboxylic acids is 3. The van der Waals surface area contributed by atoms with Crippen molar-refractivity contribution in [2.24, 2.45) is 28.8 Å². The highest BCUT2D eigenvalue weighted by Crippen LogP contribution is 2.55. The third-order valence-corrected chi connectivity index (χ3v) is 11.0. The maximum atomic E-state index is 14.4. The molecule has 0 saturated carbocycles. The van der Waals surface area contributed by atoms with Gasteiger partial charge in [-0.15, -0.1) is 0 Å². The number of phenols is 3. The van der Waals surface area contributed by atoms with E-state index in [4.69, 9.17) is 33.3 Å². The number of benzene rings is 2. The van der Waals surface area contributed by atoms with Crippen LogP contribution in [0.3, 0.4) is 0 Å². The summed E-state index contributed by atoms with van der Waals surface area (Å²) in [7, 11) is 2.95. The van der Waals surface area contributed by atoms with E-state index < -0.39 is 88.8 Å². The van der Waals surface area contributed by atoms with Crippen LogP contribution in [0.1, 0.15) is 70.0 Å². The second-order valence-corrected chi connectivity index (χ2v) is 15.3. The second-order valence-electron chi connectivity index (χ2n) is 15.3. The molecule has 5 rings (SSSR count). The van der Waals surface area contributed by atoms with Crippen molar-refractivity contribution in [1.29, 1.82) is 0 Å². The third-order valence-electron chi connectivity index (χ3n) is 11.0. The van der Waals surface area contributed by atoms with E-state index in [0.717, 1.165) is 6.21 Å². The Morgan fingerprint density at radius 3 is 2.25 bits per heavy atom. The van der Waals surface area contributed by atoms with Gasteiger partial charge in [0.05, 0.1) is 72.8 Å². The molecule has 3 aliphatic heterocycles. The van der Waals surface area contributed by atoms with Crippen molar-refractivity contribution in [3.8, 4) is 23.0 Å². The molecule has 17 heteroatoms. The number of aromatic hydroxyl groups is 3. The van der Waals surface area contributed by atoms with Crippen LogP contribution in [0.2, 0.25) is 0 Å². The zero-order valence-electron chi connectivity index (χ0n) is 35.7. The van der Waals surface area contributed by atoms with E-state index in [1.54, 1.807) is 39.8 Å². The number of methoxy groups -OCH3 is 2. The Labute approximate surface area is 349 Å². The molecule has 60 heavy (non-hydrogen) atoms. The van der Waals surface area contributed by atoms with Crippen molar-refractivity contribution in [3.05, 3.63) is 52.8 Å². The molecule has 0 fully saturated rings. The minimum absolute atomic E-state index is 0.0155. The Morgan fingerprint density at radius 2 is 1.60 bits per heavy atom. The molecule has 0 aliphatic carbocycles. The van der Waals surface area contributed by atoms with Gasteiger partial charge in [-0.3, -0.25) is 14.4 Å². The summed E-state index contributed by atoms with van der Waals surface area (Å²) in [6, 6.07) is 0. The van der Waals surface area contributed by atoms with Crippen molar-refractivity contribution < 1.29 is 73.2 Å². The number of hydrogen-bond acceptors (Lipinski definition) is 16. The molecular weight excluding hydrogens is 784 g/mol. The molecule has 0 aromatic heterocycles. The van der Waals surface area contributed by atoms with Gasteiger partial charge in [-0.05, 0) is 19.9 Å². The molecule has 0 saturated heterocycles. The molecular formula is C43H58N2O15. The number of aliphatic hydroxyl groups is 2. The van der Waals surface area contributed by atoms with Crippen LogP contribution in [0, 0.1) is 30.6 Å². The van der Waals surface area contributed by atoms with Gasteiger partial charge in [-0.1, -0.05) is 51.1 Å². The highest BCUT2D eigenvalue weighted by Gasteiger charge is 2.50. The van der Waals surface area contributed by atoms with Crippen LogP contribution in [0.15, 0.2) is 41.3 Å². The smallest absolute Gasteiger partial charge is 0.312 e. The Bertz CT molecular complexity index is 2030. The number of rotatable bonds is 10. The third kappa shape index (κ3) is 10.0. The summed E-state index contributed by atoms with van der Waals surface area (Å²) in [5.41, 5.74) is -0.739. The number of ether oxygens (including phenoxy) is 6. The molecule has 0 spiro atoms. The first-order valence-corrected chi connectivity index (χ1v) is 19.6. The number of esters is 1. The predicted molar refractivity (Wildman–Crippen MR) is 220 cm³/mol. The molecule has 0 unspecified atom stereocenters. The monoisotopic (exact) mass is 842 g/mol. The Hall–Kier alpha value is -5.20. The fraction of sp³-hybridized carbons (Fsp3) is 0.535. The van der Waals surface area contributed by atoms with Gasteiger partial charge < -0.3 is 64.1 Å². The van der Waals surface area contributed by atoms with Crippen molar-refractivity contribution in [3.63, 3.8) is 0 Å². The van der Waals surface area contributed by atoms with Gasteiger partial charge >= 0.3 is 11.8 Å². The maximum absolute atomic E-state index is 14.4. The van der Waals surface area contributed by atoms with E-state index >= 15 is 0 Å². The summed E-state index contributed by atoms with van der Waals surface area (Å²) >= 11 is 0. The standard InChI is InChI=1S/C43H58N2O15/c1-21-12-11-13-22(2)42(53)45-33-28(20-44-58-19-18-56-17-16-54-9)37(50)30-31(38(33)51)36(49)26(6)40-32(30)41(52)43(8,60-40)57-15-14-29(55-10)23(3)39(59-27(7)46)25(5)35(48)24(4)34(21)47/h11-15,20-21,23-25,29,34-35,39,47-51H,16-19H2,1-10H3,(H,45,53)/b12-11+,15-14+,22-13-,44-20+/t21-,23+,24+,25+,29-,34-,35+,39+,43-/m0/s1. The van der Waals surface area contributed by atoms with E-state index in [-0.39, 0.29) is 57.7 Å². The number of ketones is 1. The number of nitrogens with zero attached hydrogens (tertiary/aromatic N) is 1. The molecule has 3 heterocycles. The van der Waals surface area contributed by atoms with Gasteiger partial charge in [0, 0.05) is 68.3 Å². The van der Waals surface area contributed by atoms with Crippen LogP contribution in [0.5, 0.6) is 23.0 Å². The quantitative estimate of drug-likeness (QED) is 0.0472. The first-order chi connectivity index (χ1) is 28.3. The van der Waals surface area contributed by atoms with Crippen LogP contribution < -0.4 is 10.1 Å². The van der Waals surface area contributed by atoms with Gasteiger partial charge in [0.1, 0.15) is 30.0 Å². The average Bonchev–Trinajstić information content (AvgIpc) is 3.47. The summed E-state index contributed by atoms with van der Waals surface area (Å²) in [5, 5.41) is 63.9. The highest BCUT2D eigenvalue weighted by atomic mass is 16.7. The van der Waals surface area contributed by atoms with Crippen molar-refractivity contribution in [1.82, 2.24) is 0 Å². The van der Waals surface area contributed by atoms with E-state index in [2.05, 4.69) is 10.5 Å². The zero-order chi connectivity index (χ0) is 44.6. The predicted octanol–water partition coefficient (Wildman–Crippen LogP) is 4.77. The number of anilines is 1.